The topological polar surface area (TPSA) is 160 Å². The second-order valence-corrected chi connectivity index (χ2v) is 14.4. The van der Waals surface area contributed by atoms with E-state index in [0.717, 1.165) is 0 Å². The van der Waals surface area contributed by atoms with E-state index in [0.29, 0.717) is 69.4 Å². The molecule has 3 N–H and O–H groups in total. The molecule has 226 valence electrons. The van der Waals surface area contributed by atoms with Crippen molar-refractivity contribution in [3.8, 4) is 11.6 Å². The van der Waals surface area contributed by atoms with Gasteiger partial charge in [0.05, 0.1) is 29.8 Å². The third kappa shape index (κ3) is 6.61. The van der Waals surface area contributed by atoms with Gasteiger partial charge in [-0.1, -0.05) is 6.07 Å². The van der Waals surface area contributed by atoms with Gasteiger partial charge >= 0.3 is 0 Å². The van der Waals surface area contributed by atoms with Gasteiger partial charge in [-0.3, -0.25) is 0 Å². The van der Waals surface area contributed by atoms with Gasteiger partial charge in [-0.25, -0.2) is 26.5 Å². The molecule has 0 saturated carbocycles. The van der Waals surface area contributed by atoms with E-state index >= 15 is 0 Å². The number of nitrogens with one attached hydrogen (secondary N) is 2. The molecular formula is C26H37N5O8S2. The summed E-state index contributed by atoms with van der Waals surface area (Å²) < 4.78 is 71.8. The maximum Gasteiger partial charge on any atom is 0.244 e. The molecule has 41 heavy (non-hydrogen) atoms. The lowest BCUT2D eigenvalue weighted by atomic mass is 9.88. The SMILES string of the molecule is CNS(=O)(=O)c1cccc(OCC(O)CN[C@H]2COC3(CCN(S(=O)(=O)c4cnc5c(c4)N(C)CCO5)CC3)C2)c1. The molecule has 1 unspecified atom stereocenters. The third-order valence-electron chi connectivity index (χ3n) is 7.83. The summed E-state index contributed by atoms with van der Waals surface area (Å²) in [5.41, 5.74) is 0.258. The minimum absolute atomic E-state index is 0.0114. The van der Waals surface area contributed by atoms with Crippen molar-refractivity contribution in [3.63, 3.8) is 0 Å². The molecule has 13 nitrogen and oxygen atoms in total. The minimum atomic E-state index is -3.71. The normalized spacial score (nSPS) is 21.8. The summed E-state index contributed by atoms with van der Waals surface area (Å²) in [6, 6.07) is 7.72. The summed E-state index contributed by atoms with van der Waals surface area (Å²) in [6.45, 7) is 2.58. The van der Waals surface area contributed by atoms with Crippen LogP contribution in [0.1, 0.15) is 19.3 Å². The van der Waals surface area contributed by atoms with Gasteiger partial charge in [0.25, 0.3) is 0 Å². The zero-order chi connectivity index (χ0) is 29.3. The van der Waals surface area contributed by atoms with Crippen molar-refractivity contribution in [3.05, 3.63) is 36.5 Å². The highest BCUT2D eigenvalue weighted by Crippen LogP contribution is 2.38. The Morgan fingerprint density at radius 2 is 1.95 bits per heavy atom. The van der Waals surface area contributed by atoms with E-state index in [1.54, 1.807) is 18.2 Å². The van der Waals surface area contributed by atoms with Gasteiger partial charge in [-0.15, -0.1) is 0 Å². The molecule has 1 aromatic carbocycles. The van der Waals surface area contributed by atoms with E-state index in [4.69, 9.17) is 14.2 Å². The van der Waals surface area contributed by atoms with Gasteiger partial charge in [0, 0.05) is 38.8 Å². The average Bonchev–Trinajstić information content (AvgIpc) is 3.37. The van der Waals surface area contributed by atoms with Crippen molar-refractivity contribution in [2.45, 2.75) is 46.8 Å². The van der Waals surface area contributed by atoms with Gasteiger partial charge in [0.1, 0.15) is 35.7 Å². The van der Waals surface area contributed by atoms with Crippen LogP contribution < -0.4 is 24.4 Å². The lowest BCUT2D eigenvalue weighted by Gasteiger charge is -2.38. The van der Waals surface area contributed by atoms with Crippen LogP contribution in [0.2, 0.25) is 0 Å². The molecule has 2 fully saturated rings. The summed E-state index contributed by atoms with van der Waals surface area (Å²) >= 11 is 0. The first kappa shape index (κ1) is 29.9. The Kier molecular flexibility index (Phi) is 8.76. The van der Waals surface area contributed by atoms with Crippen LogP contribution in [0.25, 0.3) is 0 Å². The number of benzene rings is 1. The van der Waals surface area contributed by atoms with Crippen LogP contribution in [-0.4, -0.2) is 109 Å². The maximum absolute atomic E-state index is 13.4. The highest BCUT2D eigenvalue weighted by atomic mass is 32.2. The molecule has 2 saturated heterocycles. The summed E-state index contributed by atoms with van der Waals surface area (Å²) in [4.78, 5) is 6.41. The Hall–Kier alpha value is -2.53. The first-order chi connectivity index (χ1) is 19.5. The van der Waals surface area contributed by atoms with Gasteiger partial charge in [0.2, 0.25) is 25.9 Å². The fourth-order valence-corrected chi connectivity index (χ4v) is 7.53. The third-order valence-corrected chi connectivity index (χ3v) is 11.1. The number of aromatic nitrogens is 1. The first-order valence-corrected chi connectivity index (χ1v) is 16.5. The minimum Gasteiger partial charge on any atom is -0.491 e. The summed E-state index contributed by atoms with van der Waals surface area (Å²) in [5, 5.41) is 13.7. The Morgan fingerprint density at radius 3 is 2.71 bits per heavy atom. The van der Waals surface area contributed by atoms with Crippen LogP contribution in [0.4, 0.5) is 5.69 Å². The number of rotatable bonds is 10. The number of hydrogen-bond donors (Lipinski definition) is 3. The van der Waals surface area contributed by atoms with Gasteiger partial charge in [0.15, 0.2) is 0 Å². The molecule has 3 aliphatic heterocycles. The molecule has 3 aliphatic rings. The van der Waals surface area contributed by atoms with E-state index in [1.807, 2.05) is 11.9 Å². The van der Waals surface area contributed by atoms with E-state index in [-0.39, 0.29) is 29.0 Å². The maximum atomic E-state index is 13.4. The van der Waals surface area contributed by atoms with Crippen LogP contribution in [-0.2, 0) is 24.8 Å². The zero-order valence-electron chi connectivity index (χ0n) is 23.2. The van der Waals surface area contributed by atoms with Crippen molar-refractivity contribution in [2.24, 2.45) is 0 Å². The van der Waals surface area contributed by atoms with Crippen molar-refractivity contribution in [1.82, 2.24) is 19.3 Å². The Bertz CT molecular complexity index is 1450. The fraction of sp³-hybridized carbons (Fsp3) is 0.577. The average molecular weight is 612 g/mol. The second kappa shape index (κ2) is 12.0. The van der Waals surface area contributed by atoms with Crippen molar-refractivity contribution in [1.29, 1.82) is 0 Å². The quantitative estimate of drug-likeness (QED) is 0.336. The standard InChI is InChI=1S/C26H37N5O8S2/c1-27-40(33,34)22-5-3-4-21(12-22)38-18-20(32)15-28-19-14-26(39-17-19)6-8-31(9-7-26)41(35,36)23-13-24-25(29-16-23)37-11-10-30(24)2/h3-5,12-13,16,19-20,27-28,32H,6-11,14-15,17-18H2,1-2H3/t19-,20?/m1/s1. The zero-order valence-corrected chi connectivity index (χ0v) is 24.8. The van der Waals surface area contributed by atoms with Crippen molar-refractivity contribution in [2.75, 3.05) is 65.0 Å². The molecule has 1 spiro atoms. The van der Waals surface area contributed by atoms with Crippen LogP contribution in [0.15, 0.2) is 46.3 Å². The molecule has 2 aromatic rings. The molecule has 5 rings (SSSR count). The molecule has 4 heterocycles. The highest BCUT2D eigenvalue weighted by molar-refractivity contribution is 7.89. The number of likely N-dealkylation sites (N-methyl/N-ethyl adjacent to an activating group) is 1. The van der Waals surface area contributed by atoms with E-state index < -0.39 is 31.8 Å². The van der Waals surface area contributed by atoms with E-state index in [2.05, 4.69) is 15.0 Å². The number of aliphatic hydroxyl groups excluding tert-OH is 1. The number of ether oxygens (including phenoxy) is 3. The number of nitrogens with zero attached hydrogens (tertiary/aromatic N) is 3. The van der Waals surface area contributed by atoms with Crippen molar-refractivity contribution < 1.29 is 36.2 Å². The molecule has 2 atom stereocenters. The monoisotopic (exact) mass is 611 g/mol. The molecule has 0 bridgehead atoms. The Morgan fingerprint density at radius 1 is 1.17 bits per heavy atom. The van der Waals surface area contributed by atoms with Crippen LogP contribution in [0, 0.1) is 0 Å². The van der Waals surface area contributed by atoms with E-state index in [1.165, 1.54) is 29.7 Å². The lowest BCUT2D eigenvalue weighted by Crippen LogP contribution is -2.47. The largest absolute Gasteiger partial charge is 0.491 e. The number of pyridine rings is 1. The van der Waals surface area contributed by atoms with Crippen LogP contribution >= 0.6 is 0 Å². The van der Waals surface area contributed by atoms with Gasteiger partial charge < -0.3 is 29.5 Å². The van der Waals surface area contributed by atoms with Gasteiger partial charge in [-0.05, 0) is 44.5 Å². The summed E-state index contributed by atoms with van der Waals surface area (Å²) in [6.07, 6.45) is 2.39. The number of sulfonamides is 2. The lowest BCUT2D eigenvalue weighted by molar-refractivity contribution is -0.0312. The molecular weight excluding hydrogens is 574 g/mol. The Labute approximate surface area is 240 Å². The molecule has 0 aliphatic carbocycles. The summed E-state index contributed by atoms with van der Waals surface area (Å²) in [7, 11) is -4.08. The highest BCUT2D eigenvalue weighted by Gasteiger charge is 2.45. The number of anilines is 1. The number of hydrogen-bond acceptors (Lipinski definition) is 11. The van der Waals surface area contributed by atoms with Crippen molar-refractivity contribution >= 4 is 25.7 Å². The smallest absolute Gasteiger partial charge is 0.244 e. The van der Waals surface area contributed by atoms with E-state index in [9.17, 15) is 21.9 Å². The van der Waals surface area contributed by atoms with Crippen LogP contribution in [0.5, 0.6) is 11.6 Å². The van der Waals surface area contributed by atoms with Crippen LogP contribution in [0.3, 0.4) is 0 Å². The van der Waals surface area contributed by atoms with Gasteiger partial charge in [-0.2, -0.15) is 4.31 Å². The number of piperidine rings is 1. The molecule has 1 aromatic heterocycles. The number of fused-ring (bicyclic) bond motifs is 1. The summed E-state index contributed by atoms with van der Waals surface area (Å²) in [5.74, 6) is 0.788. The Balaban J connectivity index is 1.09. The predicted molar refractivity (Wildman–Crippen MR) is 150 cm³/mol. The fourth-order valence-electron chi connectivity index (χ4n) is 5.36. The first-order valence-electron chi connectivity index (χ1n) is 13.6. The second-order valence-electron chi connectivity index (χ2n) is 10.6. The molecule has 0 radical (unpaired) electrons. The predicted octanol–water partition coefficient (Wildman–Crippen LogP) is 0.160. The molecule has 15 heteroatoms. The number of aliphatic hydroxyl groups is 1. The molecule has 0 amide bonds.